The second-order valence-electron chi connectivity index (χ2n) is 7.92. The average Bonchev–Trinajstić information content (AvgIpc) is 2.76. The normalized spacial score (nSPS) is 21.3. The van der Waals surface area contributed by atoms with E-state index in [-0.39, 0.29) is 35.9 Å². The molecule has 1 amide bonds. The Morgan fingerprint density at radius 1 is 1.19 bits per heavy atom. The Balaban J connectivity index is 0.00000341. The molecule has 6 nitrogen and oxygen atoms in total. The van der Waals surface area contributed by atoms with Gasteiger partial charge in [-0.25, -0.2) is 0 Å². The summed E-state index contributed by atoms with van der Waals surface area (Å²) in [6, 6.07) is 14.9. The van der Waals surface area contributed by atoms with Crippen molar-refractivity contribution < 1.29 is 19.7 Å². The standard InChI is InChI=1S/C24H32N2O4.ClH/c1-3-14-26-15-13-20(17-24(26,30-2)19-7-5-4-6-8-19)25-23(29)12-10-18-9-11-21(27)22(28)16-18;/h4-9,11,16,20,27-28H,3,10,12-15,17H2,1-2H3,(H,25,29);1H. The van der Waals surface area contributed by atoms with Gasteiger partial charge in [-0.2, -0.15) is 0 Å². The third kappa shape index (κ3) is 5.91. The molecule has 1 saturated heterocycles. The van der Waals surface area contributed by atoms with Gasteiger partial charge in [-0.15, -0.1) is 12.4 Å². The van der Waals surface area contributed by atoms with Crippen molar-refractivity contribution in [3.8, 4) is 11.5 Å². The minimum atomic E-state index is -0.545. The summed E-state index contributed by atoms with van der Waals surface area (Å²) in [5.74, 6) is -0.336. The van der Waals surface area contributed by atoms with E-state index in [4.69, 9.17) is 4.74 Å². The van der Waals surface area contributed by atoms with Crippen LogP contribution in [0.3, 0.4) is 0 Å². The molecule has 1 heterocycles. The summed E-state index contributed by atoms with van der Waals surface area (Å²) < 4.78 is 6.12. The summed E-state index contributed by atoms with van der Waals surface area (Å²) in [7, 11) is 1.75. The zero-order valence-electron chi connectivity index (χ0n) is 18.2. The van der Waals surface area contributed by atoms with E-state index in [9.17, 15) is 15.0 Å². The van der Waals surface area contributed by atoms with Crippen LogP contribution in [0.15, 0.2) is 48.5 Å². The molecule has 0 aliphatic carbocycles. The molecule has 2 unspecified atom stereocenters. The van der Waals surface area contributed by atoms with Crippen molar-refractivity contribution in [3.05, 3.63) is 59.7 Å². The van der Waals surface area contributed by atoms with Crippen LogP contribution in [0.2, 0.25) is 0 Å². The molecule has 1 fully saturated rings. The van der Waals surface area contributed by atoms with E-state index in [1.807, 2.05) is 18.2 Å². The first-order chi connectivity index (χ1) is 14.5. The molecule has 2 aromatic rings. The molecule has 1 aliphatic rings. The first kappa shape index (κ1) is 25.0. The van der Waals surface area contributed by atoms with Crippen molar-refractivity contribution in [1.29, 1.82) is 0 Å². The van der Waals surface area contributed by atoms with Gasteiger partial charge in [0.25, 0.3) is 0 Å². The number of aryl methyl sites for hydroxylation is 1. The molecule has 1 aliphatic heterocycles. The number of phenolic OH excluding ortho intramolecular Hbond substituents is 2. The Hall–Kier alpha value is -2.28. The molecule has 3 rings (SSSR count). The lowest BCUT2D eigenvalue weighted by Gasteiger charge is -2.49. The van der Waals surface area contributed by atoms with Crippen molar-refractivity contribution in [3.63, 3.8) is 0 Å². The number of amides is 1. The highest BCUT2D eigenvalue weighted by Crippen LogP contribution is 2.38. The summed E-state index contributed by atoms with van der Waals surface area (Å²) in [6.07, 6.45) is 3.44. The van der Waals surface area contributed by atoms with Crippen molar-refractivity contribution in [2.45, 2.75) is 50.8 Å². The fourth-order valence-electron chi connectivity index (χ4n) is 4.35. The van der Waals surface area contributed by atoms with Crippen LogP contribution in [0.25, 0.3) is 0 Å². The van der Waals surface area contributed by atoms with E-state index in [1.165, 1.54) is 12.1 Å². The Kier molecular flexibility index (Phi) is 9.16. The molecule has 0 aromatic heterocycles. The summed E-state index contributed by atoms with van der Waals surface area (Å²) >= 11 is 0. The number of aromatic hydroxyl groups is 2. The molecular formula is C24H33ClN2O4. The van der Waals surface area contributed by atoms with Crippen LogP contribution in [0.5, 0.6) is 11.5 Å². The van der Waals surface area contributed by atoms with Gasteiger partial charge in [0.15, 0.2) is 11.5 Å². The third-order valence-electron chi connectivity index (χ3n) is 5.88. The first-order valence-corrected chi connectivity index (χ1v) is 10.6. The second-order valence-corrected chi connectivity index (χ2v) is 7.92. The van der Waals surface area contributed by atoms with E-state index in [1.54, 1.807) is 13.2 Å². The zero-order chi connectivity index (χ0) is 21.6. The van der Waals surface area contributed by atoms with Crippen LogP contribution in [0, 0.1) is 0 Å². The maximum absolute atomic E-state index is 12.6. The topological polar surface area (TPSA) is 82.0 Å². The van der Waals surface area contributed by atoms with E-state index in [2.05, 4.69) is 29.3 Å². The van der Waals surface area contributed by atoms with E-state index in [0.717, 1.165) is 37.1 Å². The minimum absolute atomic E-state index is 0. The fourth-order valence-corrected chi connectivity index (χ4v) is 4.35. The van der Waals surface area contributed by atoms with E-state index in [0.29, 0.717) is 19.3 Å². The number of carbonyl (C=O) groups excluding carboxylic acids is 1. The van der Waals surface area contributed by atoms with Gasteiger partial charge in [-0.1, -0.05) is 43.3 Å². The van der Waals surface area contributed by atoms with Crippen LogP contribution in [0.4, 0.5) is 0 Å². The number of hydrogen-bond donors (Lipinski definition) is 3. The van der Waals surface area contributed by atoms with Gasteiger partial charge in [0.05, 0.1) is 0 Å². The maximum Gasteiger partial charge on any atom is 0.220 e. The molecule has 170 valence electrons. The van der Waals surface area contributed by atoms with Gasteiger partial charge in [0, 0.05) is 39.1 Å². The number of hydrogen-bond acceptors (Lipinski definition) is 5. The van der Waals surface area contributed by atoms with Gasteiger partial charge in [-0.3, -0.25) is 9.69 Å². The quantitative estimate of drug-likeness (QED) is 0.533. The highest BCUT2D eigenvalue weighted by atomic mass is 35.5. The minimum Gasteiger partial charge on any atom is -0.504 e. The van der Waals surface area contributed by atoms with Crippen LogP contribution in [0.1, 0.15) is 43.7 Å². The summed E-state index contributed by atoms with van der Waals surface area (Å²) in [6.45, 7) is 3.96. The molecule has 7 heteroatoms. The van der Waals surface area contributed by atoms with Crippen molar-refractivity contribution in [2.75, 3.05) is 20.2 Å². The van der Waals surface area contributed by atoms with Crippen LogP contribution in [-0.4, -0.2) is 47.3 Å². The fraction of sp³-hybridized carbons (Fsp3) is 0.458. The Morgan fingerprint density at radius 3 is 2.58 bits per heavy atom. The molecule has 0 bridgehead atoms. The molecule has 2 aromatic carbocycles. The number of methoxy groups -OCH3 is 1. The van der Waals surface area contributed by atoms with Gasteiger partial charge < -0.3 is 20.3 Å². The number of carbonyl (C=O) groups is 1. The Labute approximate surface area is 190 Å². The highest BCUT2D eigenvalue weighted by Gasteiger charge is 2.44. The van der Waals surface area contributed by atoms with Gasteiger partial charge in [0.2, 0.25) is 5.91 Å². The number of ether oxygens (including phenoxy) is 1. The van der Waals surface area contributed by atoms with E-state index < -0.39 is 5.72 Å². The summed E-state index contributed by atoms with van der Waals surface area (Å²) in [5, 5.41) is 22.2. The lowest BCUT2D eigenvalue weighted by atomic mass is 9.87. The molecule has 2 atom stereocenters. The Morgan fingerprint density at radius 2 is 1.94 bits per heavy atom. The van der Waals surface area contributed by atoms with Crippen molar-refractivity contribution in [1.82, 2.24) is 10.2 Å². The lowest BCUT2D eigenvalue weighted by molar-refractivity contribution is -0.172. The maximum atomic E-state index is 12.6. The monoisotopic (exact) mass is 448 g/mol. The lowest BCUT2D eigenvalue weighted by Crippen LogP contribution is -2.57. The SMILES string of the molecule is CCCN1CCC(NC(=O)CCc2ccc(O)c(O)c2)CC1(OC)c1ccccc1.Cl. The first-order valence-electron chi connectivity index (χ1n) is 10.6. The smallest absolute Gasteiger partial charge is 0.220 e. The molecule has 3 N–H and O–H groups in total. The number of phenols is 2. The molecule has 31 heavy (non-hydrogen) atoms. The van der Waals surface area contributed by atoms with Gasteiger partial charge in [0.1, 0.15) is 5.72 Å². The zero-order valence-corrected chi connectivity index (χ0v) is 19.0. The number of rotatable bonds is 8. The summed E-state index contributed by atoms with van der Waals surface area (Å²) in [4.78, 5) is 15.0. The van der Waals surface area contributed by atoms with E-state index >= 15 is 0 Å². The number of benzene rings is 2. The molecule has 0 spiro atoms. The Bertz CT molecular complexity index is 849. The molecule has 0 saturated carbocycles. The molecular weight excluding hydrogens is 416 g/mol. The van der Waals surface area contributed by atoms with Crippen molar-refractivity contribution >= 4 is 18.3 Å². The number of likely N-dealkylation sites (tertiary alicyclic amines) is 1. The predicted octanol–water partition coefficient (Wildman–Crippen LogP) is 3.94. The number of nitrogens with one attached hydrogen (secondary N) is 1. The largest absolute Gasteiger partial charge is 0.504 e. The number of halogens is 1. The predicted molar refractivity (Wildman–Crippen MR) is 123 cm³/mol. The number of nitrogens with zero attached hydrogens (tertiary/aromatic N) is 1. The van der Waals surface area contributed by atoms with Crippen LogP contribution < -0.4 is 5.32 Å². The van der Waals surface area contributed by atoms with Gasteiger partial charge in [-0.05, 0) is 42.5 Å². The van der Waals surface area contributed by atoms with Gasteiger partial charge >= 0.3 is 0 Å². The highest BCUT2D eigenvalue weighted by molar-refractivity contribution is 5.85. The average molecular weight is 449 g/mol. The third-order valence-corrected chi connectivity index (χ3v) is 5.88. The van der Waals surface area contributed by atoms with Crippen LogP contribution in [-0.2, 0) is 21.7 Å². The van der Waals surface area contributed by atoms with Crippen molar-refractivity contribution in [2.24, 2.45) is 0 Å². The second kappa shape index (κ2) is 11.4. The van der Waals surface area contributed by atoms with Crippen LogP contribution >= 0.6 is 12.4 Å². The summed E-state index contributed by atoms with van der Waals surface area (Å²) in [5.41, 5.74) is 1.38. The number of piperidine rings is 1. The molecule has 0 radical (unpaired) electrons.